The Morgan fingerprint density at radius 2 is 1.63 bits per heavy atom. The highest BCUT2D eigenvalue weighted by molar-refractivity contribution is 5.95. The standard InChI is InChI=1S/C26H21N3O/c1-18-9-11-19(12-10-18)23-7-4-6-21-17-27-29(26(30)25(21)23)16-15-22-14-13-20-5-2-3-8-24(20)28-22/h2-14,17H,15-16H2,1H3. The van der Waals surface area contributed by atoms with Crippen molar-refractivity contribution in [2.45, 2.75) is 19.9 Å². The zero-order valence-corrected chi connectivity index (χ0v) is 16.7. The van der Waals surface area contributed by atoms with Crippen LogP contribution < -0.4 is 5.56 Å². The topological polar surface area (TPSA) is 47.8 Å². The van der Waals surface area contributed by atoms with Crippen LogP contribution in [0, 0.1) is 6.92 Å². The van der Waals surface area contributed by atoms with Crippen molar-refractivity contribution in [3.8, 4) is 11.1 Å². The highest BCUT2D eigenvalue weighted by Gasteiger charge is 2.11. The molecule has 0 fully saturated rings. The van der Waals surface area contributed by atoms with E-state index in [9.17, 15) is 4.79 Å². The van der Waals surface area contributed by atoms with Crippen molar-refractivity contribution < 1.29 is 0 Å². The van der Waals surface area contributed by atoms with Crippen molar-refractivity contribution in [1.29, 1.82) is 0 Å². The van der Waals surface area contributed by atoms with Crippen LogP contribution in [0.2, 0.25) is 0 Å². The zero-order chi connectivity index (χ0) is 20.5. The Hall–Kier alpha value is -3.79. The molecule has 0 aliphatic carbocycles. The van der Waals surface area contributed by atoms with Gasteiger partial charge in [0.15, 0.2) is 0 Å². The molecule has 0 aliphatic rings. The zero-order valence-electron chi connectivity index (χ0n) is 16.7. The number of aromatic nitrogens is 3. The molecule has 0 unspecified atom stereocenters. The number of para-hydroxylation sites is 1. The van der Waals surface area contributed by atoms with Gasteiger partial charge >= 0.3 is 0 Å². The number of pyridine rings is 1. The molecule has 4 heteroatoms. The van der Waals surface area contributed by atoms with E-state index in [0.29, 0.717) is 18.4 Å². The summed E-state index contributed by atoms with van der Waals surface area (Å²) in [5.41, 5.74) is 5.03. The number of rotatable bonds is 4. The lowest BCUT2D eigenvalue weighted by Crippen LogP contribution is -2.24. The average Bonchev–Trinajstić information content (AvgIpc) is 2.79. The highest BCUT2D eigenvalue weighted by atomic mass is 16.1. The first kappa shape index (κ1) is 18.3. The minimum atomic E-state index is -0.0653. The van der Waals surface area contributed by atoms with Gasteiger partial charge in [-0.3, -0.25) is 9.78 Å². The van der Waals surface area contributed by atoms with Crippen molar-refractivity contribution in [3.63, 3.8) is 0 Å². The van der Waals surface area contributed by atoms with E-state index in [-0.39, 0.29) is 5.56 Å². The molecule has 0 amide bonds. The Labute approximate surface area is 174 Å². The summed E-state index contributed by atoms with van der Waals surface area (Å²) in [7, 11) is 0. The summed E-state index contributed by atoms with van der Waals surface area (Å²) >= 11 is 0. The molecule has 0 radical (unpaired) electrons. The lowest BCUT2D eigenvalue weighted by atomic mass is 9.99. The van der Waals surface area contributed by atoms with Crippen LogP contribution in [-0.2, 0) is 13.0 Å². The molecule has 3 aromatic carbocycles. The second-order valence-corrected chi connectivity index (χ2v) is 7.55. The lowest BCUT2D eigenvalue weighted by molar-refractivity contribution is 0.580. The molecule has 5 aromatic rings. The molecule has 0 N–H and O–H groups in total. The fourth-order valence-electron chi connectivity index (χ4n) is 3.83. The van der Waals surface area contributed by atoms with Gasteiger partial charge in [0.1, 0.15) is 0 Å². The van der Waals surface area contributed by atoms with Gasteiger partial charge in [-0.1, -0.05) is 72.3 Å². The van der Waals surface area contributed by atoms with Crippen molar-refractivity contribution in [2.24, 2.45) is 0 Å². The van der Waals surface area contributed by atoms with E-state index in [1.807, 2.05) is 48.5 Å². The number of fused-ring (bicyclic) bond motifs is 2. The van der Waals surface area contributed by atoms with Crippen LogP contribution in [-0.4, -0.2) is 14.8 Å². The molecular weight excluding hydrogens is 370 g/mol. The second-order valence-electron chi connectivity index (χ2n) is 7.55. The van der Waals surface area contributed by atoms with Gasteiger partial charge < -0.3 is 0 Å². The van der Waals surface area contributed by atoms with E-state index < -0.39 is 0 Å². The first-order chi connectivity index (χ1) is 14.7. The van der Waals surface area contributed by atoms with Crippen LogP contribution in [0.5, 0.6) is 0 Å². The van der Waals surface area contributed by atoms with Gasteiger partial charge in [-0.05, 0) is 30.2 Å². The summed E-state index contributed by atoms with van der Waals surface area (Å²) in [6.45, 7) is 2.55. The van der Waals surface area contributed by atoms with Gasteiger partial charge in [0.25, 0.3) is 5.56 Å². The fourth-order valence-corrected chi connectivity index (χ4v) is 3.83. The van der Waals surface area contributed by atoms with Crippen molar-refractivity contribution in [1.82, 2.24) is 14.8 Å². The molecule has 0 saturated carbocycles. The number of aryl methyl sites for hydroxylation is 3. The third-order valence-corrected chi connectivity index (χ3v) is 5.48. The largest absolute Gasteiger partial charge is 0.275 e. The Morgan fingerprint density at radius 1 is 0.833 bits per heavy atom. The van der Waals surface area contributed by atoms with Crippen molar-refractivity contribution >= 4 is 21.7 Å². The summed E-state index contributed by atoms with van der Waals surface area (Å²) in [6.07, 6.45) is 2.43. The van der Waals surface area contributed by atoms with Crippen LogP contribution in [0.3, 0.4) is 0 Å². The summed E-state index contributed by atoms with van der Waals surface area (Å²) in [5.74, 6) is 0. The van der Waals surface area contributed by atoms with Gasteiger partial charge in [0.2, 0.25) is 0 Å². The predicted molar refractivity (Wildman–Crippen MR) is 122 cm³/mol. The molecule has 146 valence electrons. The monoisotopic (exact) mass is 391 g/mol. The summed E-state index contributed by atoms with van der Waals surface area (Å²) < 4.78 is 1.55. The smallest absolute Gasteiger partial charge is 0.267 e. The highest BCUT2D eigenvalue weighted by Crippen LogP contribution is 2.26. The van der Waals surface area contributed by atoms with Crippen molar-refractivity contribution in [2.75, 3.05) is 0 Å². The molecule has 0 aliphatic heterocycles. The van der Waals surface area contributed by atoms with Crippen LogP contribution in [0.15, 0.2) is 89.9 Å². The van der Waals surface area contributed by atoms with E-state index >= 15 is 0 Å². The SMILES string of the molecule is Cc1ccc(-c2cccc3cnn(CCc4ccc5ccccc5n4)c(=O)c23)cc1. The first-order valence-electron chi connectivity index (χ1n) is 10.1. The minimum Gasteiger partial charge on any atom is -0.267 e. The van der Waals surface area contributed by atoms with E-state index in [1.165, 1.54) is 5.56 Å². The normalized spacial score (nSPS) is 11.2. The molecule has 0 saturated heterocycles. The molecule has 0 bridgehead atoms. The molecule has 2 aromatic heterocycles. The summed E-state index contributed by atoms with van der Waals surface area (Å²) in [5, 5.41) is 7.10. The van der Waals surface area contributed by atoms with Gasteiger partial charge in [-0.25, -0.2) is 4.68 Å². The van der Waals surface area contributed by atoms with Crippen LogP contribution in [0.25, 0.3) is 32.8 Å². The number of nitrogens with zero attached hydrogens (tertiary/aromatic N) is 3. The maximum absolute atomic E-state index is 13.3. The number of benzene rings is 3. The van der Waals surface area contributed by atoms with Gasteiger partial charge in [-0.2, -0.15) is 5.10 Å². The predicted octanol–water partition coefficient (Wildman–Crippen LogP) is 5.16. The van der Waals surface area contributed by atoms with Gasteiger partial charge in [-0.15, -0.1) is 0 Å². The van der Waals surface area contributed by atoms with E-state index in [1.54, 1.807) is 10.9 Å². The van der Waals surface area contributed by atoms with Gasteiger partial charge in [0, 0.05) is 22.9 Å². The molecule has 30 heavy (non-hydrogen) atoms. The second kappa shape index (κ2) is 7.56. The van der Waals surface area contributed by atoms with E-state index in [0.717, 1.165) is 33.1 Å². The third kappa shape index (κ3) is 3.37. The summed E-state index contributed by atoms with van der Waals surface area (Å²) in [4.78, 5) is 18.0. The Kier molecular flexibility index (Phi) is 4.60. The maximum Gasteiger partial charge on any atom is 0.275 e. The molecule has 5 rings (SSSR count). The quantitative estimate of drug-likeness (QED) is 0.425. The maximum atomic E-state index is 13.3. The average molecular weight is 391 g/mol. The van der Waals surface area contributed by atoms with Crippen LogP contribution >= 0.6 is 0 Å². The Balaban J connectivity index is 1.51. The molecule has 0 spiro atoms. The Morgan fingerprint density at radius 3 is 2.50 bits per heavy atom. The molecule has 4 nitrogen and oxygen atoms in total. The lowest BCUT2D eigenvalue weighted by Gasteiger charge is -2.10. The molecule has 0 atom stereocenters. The number of hydrogen-bond acceptors (Lipinski definition) is 3. The van der Waals surface area contributed by atoms with Crippen LogP contribution in [0.1, 0.15) is 11.3 Å². The fraction of sp³-hybridized carbons (Fsp3) is 0.115. The van der Waals surface area contributed by atoms with E-state index in [2.05, 4.69) is 42.4 Å². The summed E-state index contributed by atoms with van der Waals surface area (Å²) in [6, 6.07) is 26.3. The molecule has 2 heterocycles. The van der Waals surface area contributed by atoms with E-state index in [4.69, 9.17) is 4.98 Å². The Bertz CT molecular complexity index is 1420. The third-order valence-electron chi connectivity index (χ3n) is 5.48. The first-order valence-corrected chi connectivity index (χ1v) is 10.1. The van der Waals surface area contributed by atoms with Crippen LogP contribution in [0.4, 0.5) is 0 Å². The molecular formula is C26H21N3O. The van der Waals surface area contributed by atoms with Gasteiger partial charge in [0.05, 0.1) is 23.6 Å². The number of hydrogen-bond donors (Lipinski definition) is 0. The minimum absolute atomic E-state index is 0.0653. The van der Waals surface area contributed by atoms with Crippen molar-refractivity contribution in [3.05, 3.63) is 107 Å².